The average molecular weight is 327 g/mol. The molecule has 0 radical (unpaired) electrons. The number of nitrogens with one attached hydrogen (secondary N) is 2. The van der Waals surface area contributed by atoms with Gasteiger partial charge >= 0.3 is 0 Å². The molecule has 0 atom stereocenters. The van der Waals surface area contributed by atoms with Gasteiger partial charge in [0.05, 0.1) is 19.0 Å². The van der Waals surface area contributed by atoms with E-state index in [0.29, 0.717) is 18.2 Å². The maximum absolute atomic E-state index is 11.9. The van der Waals surface area contributed by atoms with E-state index in [9.17, 15) is 4.79 Å². The first-order valence-corrected chi connectivity index (χ1v) is 8.19. The summed E-state index contributed by atoms with van der Waals surface area (Å²) in [6.07, 6.45) is 2.57. The van der Waals surface area contributed by atoms with E-state index in [1.165, 1.54) is 5.56 Å². The number of rotatable bonds is 8. The second-order valence-electron chi connectivity index (χ2n) is 6.06. The number of nitrogens with zero attached hydrogens (tertiary/aromatic N) is 1. The van der Waals surface area contributed by atoms with Gasteiger partial charge in [-0.05, 0) is 42.2 Å². The van der Waals surface area contributed by atoms with E-state index in [2.05, 4.69) is 35.5 Å². The number of hydrogen-bond acceptors (Lipinski definition) is 4. The summed E-state index contributed by atoms with van der Waals surface area (Å²) in [5, 5.41) is 6.17. The standard InChI is InChI=1S/C19H25N3O2/c1-14(2)12-22-19(23)18-8-7-16(13-21-18)20-10-9-15-5-4-6-17(11-15)24-3/h4-8,11,13-14,20H,9-10,12H2,1-3H3,(H,22,23). The Labute approximate surface area is 143 Å². The van der Waals surface area contributed by atoms with Crippen LogP contribution in [0.2, 0.25) is 0 Å². The number of amides is 1. The molecule has 5 heteroatoms. The van der Waals surface area contributed by atoms with Crippen LogP contribution in [0.25, 0.3) is 0 Å². The van der Waals surface area contributed by atoms with Crippen molar-refractivity contribution in [2.24, 2.45) is 5.92 Å². The van der Waals surface area contributed by atoms with Crippen molar-refractivity contribution in [3.8, 4) is 5.75 Å². The zero-order chi connectivity index (χ0) is 17.4. The van der Waals surface area contributed by atoms with Gasteiger partial charge in [0.1, 0.15) is 11.4 Å². The molecule has 0 aliphatic carbocycles. The largest absolute Gasteiger partial charge is 0.497 e. The van der Waals surface area contributed by atoms with Gasteiger partial charge in [0, 0.05) is 13.1 Å². The van der Waals surface area contributed by atoms with Gasteiger partial charge in [-0.15, -0.1) is 0 Å². The van der Waals surface area contributed by atoms with Crippen LogP contribution in [-0.4, -0.2) is 31.1 Å². The molecular formula is C19H25N3O2. The first-order chi connectivity index (χ1) is 11.6. The third-order valence-corrected chi connectivity index (χ3v) is 3.54. The summed E-state index contributed by atoms with van der Waals surface area (Å²) in [5.74, 6) is 1.16. The fraction of sp³-hybridized carbons (Fsp3) is 0.368. The molecule has 24 heavy (non-hydrogen) atoms. The minimum atomic E-state index is -0.133. The van der Waals surface area contributed by atoms with Crippen molar-refractivity contribution < 1.29 is 9.53 Å². The number of benzene rings is 1. The highest BCUT2D eigenvalue weighted by Crippen LogP contribution is 2.13. The highest BCUT2D eigenvalue weighted by molar-refractivity contribution is 5.92. The fourth-order valence-corrected chi connectivity index (χ4v) is 2.20. The van der Waals surface area contributed by atoms with E-state index in [1.54, 1.807) is 19.4 Å². The van der Waals surface area contributed by atoms with Crippen molar-refractivity contribution in [1.82, 2.24) is 10.3 Å². The molecule has 0 aliphatic rings. The molecule has 0 saturated heterocycles. The van der Waals surface area contributed by atoms with Crippen LogP contribution in [0.3, 0.4) is 0 Å². The first-order valence-electron chi connectivity index (χ1n) is 8.19. The van der Waals surface area contributed by atoms with Crippen LogP contribution in [-0.2, 0) is 6.42 Å². The molecule has 2 rings (SSSR count). The molecule has 1 heterocycles. The van der Waals surface area contributed by atoms with Crippen LogP contribution in [0.4, 0.5) is 5.69 Å². The van der Waals surface area contributed by atoms with Crippen LogP contribution in [0.1, 0.15) is 29.9 Å². The molecule has 0 bridgehead atoms. The summed E-state index contributed by atoms with van der Waals surface area (Å²) in [4.78, 5) is 16.1. The number of anilines is 1. The minimum absolute atomic E-state index is 0.133. The average Bonchev–Trinajstić information content (AvgIpc) is 2.60. The quantitative estimate of drug-likeness (QED) is 0.782. The van der Waals surface area contributed by atoms with E-state index >= 15 is 0 Å². The van der Waals surface area contributed by atoms with E-state index in [0.717, 1.165) is 24.4 Å². The van der Waals surface area contributed by atoms with Crippen molar-refractivity contribution in [2.45, 2.75) is 20.3 Å². The number of carbonyl (C=O) groups is 1. The number of methoxy groups -OCH3 is 1. The first kappa shape index (κ1) is 17.8. The number of aromatic nitrogens is 1. The maximum atomic E-state index is 11.9. The van der Waals surface area contributed by atoms with Gasteiger partial charge in [0.15, 0.2) is 0 Å². The van der Waals surface area contributed by atoms with Gasteiger partial charge in [-0.25, -0.2) is 4.98 Å². The van der Waals surface area contributed by atoms with Gasteiger partial charge in [-0.1, -0.05) is 26.0 Å². The van der Waals surface area contributed by atoms with Gasteiger partial charge < -0.3 is 15.4 Å². The van der Waals surface area contributed by atoms with Gasteiger partial charge in [-0.2, -0.15) is 0 Å². The lowest BCUT2D eigenvalue weighted by atomic mass is 10.1. The molecule has 1 aromatic carbocycles. The molecular weight excluding hydrogens is 302 g/mol. The Hall–Kier alpha value is -2.56. The Morgan fingerprint density at radius 1 is 1.25 bits per heavy atom. The Morgan fingerprint density at radius 2 is 2.08 bits per heavy atom. The van der Waals surface area contributed by atoms with Crippen LogP contribution >= 0.6 is 0 Å². The minimum Gasteiger partial charge on any atom is -0.497 e. The predicted molar refractivity (Wildman–Crippen MR) is 96.6 cm³/mol. The maximum Gasteiger partial charge on any atom is 0.269 e. The molecule has 1 amide bonds. The molecule has 0 aliphatic heterocycles. The van der Waals surface area contributed by atoms with Gasteiger partial charge in [0.2, 0.25) is 0 Å². The second kappa shape index (κ2) is 8.91. The molecule has 128 valence electrons. The highest BCUT2D eigenvalue weighted by Gasteiger charge is 2.07. The van der Waals surface area contributed by atoms with E-state index < -0.39 is 0 Å². The van der Waals surface area contributed by atoms with Crippen LogP contribution in [0.5, 0.6) is 5.75 Å². The second-order valence-corrected chi connectivity index (χ2v) is 6.06. The highest BCUT2D eigenvalue weighted by atomic mass is 16.5. The van der Waals surface area contributed by atoms with Gasteiger partial charge in [-0.3, -0.25) is 4.79 Å². The zero-order valence-corrected chi connectivity index (χ0v) is 14.5. The summed E-state index contributed by atoms with van der Waals surface area (Å²) >= 11 is 0. The summed E-state index contributed by atoms with van der Waals surface area (Å²) in [5.41, 5.74) is 2.55. The Morgan fingerprint density at radius 3 is 2.75 bits per heavy atom. The summed E-state index contributed by atoms with van der Waals surface area (Å²) in [6, 6.07) is 11.6. The number of ether oxygens (including phenoxy) is 1. The Bertz CT molecular complexity index is 654. The summed E-state index contributed by atoms with van der Waals surface area (Å²) in [6.45, 7) is 5.56. The lowest BCUT2D eigenvalue weighted by Crippen LogP contribution is -2.28. The Balaban J connectivity index is 1.82. The molecule has 0 fully saturated rings. The summed E-state index contributed by atoms with van der Waals surface area (Å²) < 4.78 is 5.22. The Kier molecular flexibility index (Phi) is 6.61. The van der Waals surface area contributed by atoms with E-state index in [1.807, 2.05) is 24.3 Å². The molecule has 0 saturated carbocycles. The molecule has 5 nitrogen and oxygen atoms in total. The van der Waals surface area contributed by atoms with Crippen LogP contribution in [0.15, 0.2) is 42.6 Å². The van der Waals surface area contributed by atoms with Gasteiger partial charge in [0.25, 0.3) is 5.91 Å². The smallest absolute Gasteiger partial charge is 0.269 e. The summed E-state index contributed by atoms with van der Waals surface area (Å²) in [7, 11) is 1.67. The number of carbonyl (C=O) groups excluding carboxylic acids is 1. The fourth-order valence-electron chi connectivity index (χ4n) is 2.20. The van der Waals surface area contributed by atoms with E-state index in [-0.39, 0.29) is 5.91 Å². The number of hydrogen-bond donors (Lipinski definition) is 2. The predicted octanol–water partition coefficient (Wildman–Crippen LogP) is 3.13. The molecule has 1 aromatic heterocycles. The molecule has 0 unspecified atom stereocenters. The van der Waals surface area contributed by atoms with Crippen molar-refractivity contribution in [2.75, 3.05) is 25.5 Å². The van der Waals surface area contributed by atoms with E-state index in [4.69, 9.17) is 4.74 Å². The van der Waals surface area contributed by atoms with Crippen molar-refractivity contribution in [3.63, 3.8) is 0 Å². The molecule has 2 N–H and O–H groups in total. The lowest BCUT2D eigenvalue weighted by Gasteiger charge is -2.09. The van der Waals surface area contributed by atoms with Crippen molar-refractivity contribution in [3.05, 3.63) is 53.9 Å². The third-order valence-electron chi connectivity index (χ3n) is 3.54. The third kappa shape index (κ3) is 5.57. The van der Waals surface area contributed by atoms with Crippen molar-refractivity contribution in [1.29, 1.82) is 0 Å². The van der Waals surface area contributed by atoms with Crippen molar-refractivity contribution >= 4 is 11.6 Å². The van der Waals surface area contributed by atoms with Crippen LogP contribution in [0, 0.1) is 5.92 Å². The topological polar surface area (TPSA) is 63.2 Å². The number of pyridine rings is 1. The van der Waals surface area contributed by atoms with Crippen LogP contribution < -0.4 is 15.4 Å². The normalized spacial score (nSPS) is 10.5. The molecule has 0 spiro atoms. The lowest BCUT2D eigenvalue weighted by molar-refractivity contribution is 0.0944. The monoisotopic (exact) mass is 327 g/mol. The SMILES string of the molecule is COc1cccc(CCNc2ccc(C(=O)NCC(C)C)nc2)c1. The molecule has 2 aromatic rings. The zero-order valence-electron chi connectivity index (χ0n) is 14.5.